The number of aliphatic hydroxyl groups is 1. The SMILES string of the molecule is CC(C)c1c(C(=O)Nc2ccccc2)c(-c2ccccc2)c(-c2ccc(F)cc2)n1CCCC(O)(P(=O)(O)O)P(=O)(O)O. The fraction of sp³-hybridized carbons (Fsp3) is 0.233. The van der Waals surface area contributed by atoms with Crippen LogP contribution < -0.4 is 5.32 Å². The van der Waals surface area contributed by atoms with Gasteiger partial charge in [0, 0.05) is 29.9 Å². The van der Waals surface area contributed by atoms with E-state index in [9.17, 15) is 43.0 Å². The predicted octanol–water partition coefficient (Wildman–Crippen LogP) is 6.12. The standard InChI is InChI=1S/C30H33FN2O8P2/c1-20(2)27-26(29(34)32-24-12-7-4-8-13-24)25(21-10-5-3-6-11-21)28(22-14-16-23(31)17-15-22)33(27)19-9-18-30(35,42(36,37)38)43(39,40)41/h3-8,10-17,20,35H,9,18-19H2,1-2H3,(H,32,34)(H2,36,37,38)(H2,39,40,41). The first-order chi connectivity index (χ1) is 20.2. The maximum Gasteiger partial charge on any atom is 0.369 e. The number of hydrogen-bond donors (Lipinski definition) is 6. The minimum absolute atomic E-state index is 0.0962. The lowest BCUT2D eigenvalue weighted by atomic mass is 9.94. The van der Waals surface area contributed by atoms with Gasteiger partial charge in [0.15, 0.2) is 0 Å². The molecule has 0 aliphatic rings. The number of nitrogens with one attached hydrogen (secondary N) is 1. The highest BCUT2D eigenvalue weighted by Crippen LogP contribution is 2.69. The minimum Gasteiger partial charge on any atom is -0.368 e. The van der Waals surface area contributed by atoms with Gasteiger partial charge in [-0.05, 0) is 59.9 Å². The highest BCUT2D eigenvalue weighted by atomic mass is 31.2. The highest BCUT2D eigenvalue weighted by molar-refractivity contribution is 7.72. The lowest BCUT2D eigenvalue weighted by Gasteiger charge is -2.29. The second-order valence-corrected chi connectivity index (χ2v) is 14.5. The Bertz CT molecular complexity index is 1660. The Labute approximate surface area is 248 Å². The molecule has 0 aliphatic heterocycles. The molecule has 1 aromatic heterocycles. The minimum atomic E-state index is -5.67. The van der Waals surface area contributed by atoms with Gasteiger partial charge in [-0.2, -0.15) is 0 Å². The van der Waals surface area contributed by atoms with E-state index < -0.39 is 38.4 Å². The zero-order chi connectivity index (χ0) is 31.6. The zero-order valence-corrected chi connectivity index (χ0v) is 25.3. The molecule has 0 spiro atoms. The molecule has 0 aliphatic carbocycles. The smallest absolute Gasteiger partial charge is 0.368 e. The van der Waals surface area contributed by atoms with Crippen LogP contribution >= 0.6 is 15.2 Å². The lowest BCUT2D eigenvalue weighted by Crippen LogP contribution is -2.29. The number of rotatable bonds is 11. The van der Waals surface area contributed by atoms with Crippen molar-refractivity contribution in [2.75, 3.05) is 5.32 Å². The van der Waals surface area contributed by atoms with Crippen molar-refractivity contribution in [1.82, 2.24) is 4.57 Å². The van der Waals surface area contributed by atoms with E-state index in [1.165, 1.54) is 24.3 Å². The van der Waals surface area contributed by atoms with Gasteiger partial charge < -0.3 is 34.6 Å². The van der Waals surface area contributed by atoms with Crippen LogP contribution in [0.3, 0.4) is 0 Å². The number of anilines is 1. The van der Waals surface area contributed by atoms with E-state index in [1.54, 1.807) is 41.0 Å². The average Bonchev–Trinajstić information content (AvgIpc) is 3.28. The van der Waals surface area contributed by atoms with Gasteiger partial charge in [0.05, 0.1) is 11.3 Å². The number of carbonyl (C=O) groups excluding carboxylic acids is 1. The van der Waals surface area contributed by atoms with Crippen LogP contribution in [-0.4, -0.2) is 40.2 Å². The van der Waals surface area contributed by atoms with E-state index in [4.69, 9.17) is 0 Å². The summed E-state index contributed by atoms with van der Waals surface area (Å²) in [6, 6.07) is 23.5. The van der Waals surface area contributed by atoms with Crippen LogP contribution in [-0.2, 0) is 15.7 Å². The molecule has 228 valence electrons. The van der Waals surface area contributed by atoms with Crippen LogP contribution in [0.4, 0.5) is 10.1 Å². The van der Waals surface area contributed by atoms with Crippen molar-refractivity contribution in [3.05, 3.63) is 102 Å². The van der Waals surface area contributed by atoms with E-state index in [-0.39, 0.29) is 18.9 Å². The Balaban J connectivity index is 1.97. The Kier molecular flexibility index (Phi) is 9.59. The van der Waals surface area contributed by atoms with Gasteiger partial charge in [0.25, 0.3) is 11.0 Å². The number of hydrogen-bond acceptors (Lipinski definition) is 4. The fourth-order valence-electron chi connectivity index (χ4n) is 5.14. The molecule has 10 nitrogen and oxygen atoms in total. The molecule has 1 heterocycles. The number of nitrogens with zero attached hydrogens (tertiary/aromatic N) is 1. The molecule has 0 saturated carbocycles. The van der Waals surface area contributed by atoms with Crippen LogP contribution in [0.25, 0.3) is 22.4 Å². The third-order valence-electron chi connectivity index (χ3n) is 7.12. The lowest BCUT2D eigenvalue weighted by molar-refractivity contribution is 0.102. The van der Waals surface area contributed by atoms with Crippen molar-refractivity contribution < 1.29 is 43.0 Å². The Morgan fingerprint density at radius 1 is 0.860 bits per heavy atom. The molecule has 43 heavy (non-hydrogen) atoms. The normalized spacial score (nSPS) is 12.5. The monoisotopic (exact) mass is 630 g/mol. The maximum absolute atomic E-state index is 14.1. The molecule has 0 unspecified atom stereocenters. The van der Waals surface area contributed by atoms with Crippen LogP contribution in [0.15, 0.2) is 84.9 Å². The van der Waals surface area contributed by atoms with Crippen molar-refractivity contribution in [2.24, 2.45) is 0 Å². The average molecular weight is 631 g/mol. The van der Waals surface area contributed by atoms with E-state index >= 15 is 0 Å². The van der Waals surface area contributed by atoms with Crippen molar-refractivity contribution in [1.29, 1.82) is 0 Å². The summed E-state index contributed by atoms with van der Waals surface area (Å²) in [6.07, 6.45) is -1.23. The molecule has 0 fully saturated rings. The summed E-state index contributed by atoms with van der Waals surface area (Å²) in [7, 11) is -11.3. The molecular formula is C30H33FN2O8P2. The summed E-state index contributed by atoms with van der Waals surface area (Å²) >= 11 is 0. The first kappa shape index (κ1) is 32.5. The molecule has 1 amide bonds. The highest BCUT2D eigenvalue weighted by Gasteiger charge is 2.58. The number of carbonyl (C=O) groups is 1. The molecule has 0 saturated heterocycles. The van der Waals surface area contributed by atoms with Crippen molar-refractivity contribution in [3.8, 4) is 22.4 Å². The number of halogens is 1. The maximum atomic E-state index is 14.1. The van der Waals surface area contributed by atoms with E-state index in [1.807, 2.05) is 38.1 Å². The summed E-state index contributed by atoms with van der Waals surface area (Å²) in [4.78, 5) is 52.7. The van der Waals surface area contributed by atoms with Gasteiger partial charge in [-0.1, -0.05) is 62.4 Å². The number of benzene rings is 3. The Hall–Kier alpha value is -3.40. The molecule has 4 aromatic rings. The Morgan fingerprint density at radius 2 is 1.40 bits per heavy atom. The van der Waals surface area contributed by atoms with Gasteiger partial charge in [-0.3, -0.25) is 13.9 Å². The van der Waals surface area contributed by atoms with Crippen molar-refractivity contribution in [3.63, 3.8) is 0 Å². The zero-order valence-electron chi connectivity index (χ0n) is 23.5. The van der Waals surface area contributed by atoms with E-state index in [0.717, 1.165) is 0 Å². The third-order valence-corrected chi connectivity index (χ3v) is 11.0. The van der Waals surface area contributed by atoms with Crippen LogP contribution in [0.1, 0.15) is 48.7 Å². The Morgan fingerprint density at radius 3 is 1.91 bits per heavy atom. The molecule has 6 N–H and O–H groups in total. The van der Waals surface area contributed by atoms with E-state index in [0.29, 0.717) is 39.3 Å². The van der Waals surface area contributed by atoms with E-state index in [2.05, 4.69) is 5.32 Å². The van der Waals surface area contributed by atoms with Gasteiger partial charge >= 0.3 is 15.2 Å². The predicted molar refractivity (Wildman–Crippen MR) is 162 cm³/mol. The van der Waals surface area contributed by atoms with Gasteiger partial charge in [0.2, 0.25) is 0 Å². The van der Waals surface area contributed by atoms with Crippen LogP contribution in [0.5, 0.6) is 0 Å². The first-order valence-electron chi connectivity index (χ1n) is 13.4. The summed E-state index contributed by atoms with van der Waals surface area (Å²) in [5.74, 6) is -1.21. The number of amides is 1. The second kappa shape index (κ2) is 12.7. The summed E-state index contributed by atoms with van der Waals surface area (Å²) in [5.41, 5.74) is 3.59. The molecular weight excluding hydrogens is 597 g/mol. The largest absolute Gasteiger partial charge is 0.369 e. The van der Waals surface area contributed by atoms with Gasteiger partial charge in [0.1, 0.15) is 5.82 Å². The van der Waals surface area contributed by atoms with Crippen LogP contribution in [0, 0.1) is 5.82 Å². The molecule has 4 rings (SSSR count). The molecule has 0 radical (unpaired) electrons. The number of para-hydroxylation sites is 1. The van der Waals surface area contributed by atoms with Gasteiger partial charge in [-0.25, -0.2) is 4.39 Å². The summed E-state index contributed by atoms with van der Waals surface area (Å²) < 4.78 is 39.8. The fourth-order valence-corrected chi connectivity index (χ4v) is 7.40. The van der Waals surface area contributed by atoms with Gasteiger partial charge in [-0.15, -0.1) is 0 Å². The molecule has 13 heteroatoms. The third kappa shape index (κ3) is 6.74. The quantitative estimate of drug-likeness (QED) is 0.108. The first-order valence-corrected chi connectivity index (χ1v) is 16.7. The molecule has 3 aromatic carbocycles. The topological polar surface area (TPSA) is 169 Å². The number of aromatic nitrogens is 1. The summed E-state index contributed by atoms with van der Waals surface area (Å²) in [6.45, 7) is 3.62. The molecule has 0 atom stereocenters. The van der Waals surface area contributed by atoms with Crippen LogP contribution in [0.2, 0.25) is 0 Å². The molecule has 0 bridgehead atoms. The van der Waals surface area contributed by atoms with Crippen molar-refractivity contribution >= 4 is 26.8 Å². The second-order valence-electron chi connectivity index (χ2n) is 10.4. The van der Waals surface area contributed by atoms with Crippen molar-refractivity contribution in [2.45, 2.75) is 44.2 Å². The summed E-state index contributed by atoms with van der Waals surface area (Å²) in [5, 5.41) is 9.85.